The molecule has 1 aromatic carbocycles. The number of carboxylic acid groups (broad SMARTS) is 1. The lowest BCUT2D eigenvalue weighted by molar-refractivity contribution is 0.0698. The smallest absolute Gasteiger partial charge is 0.337 e. The first-order valence-electron chi connectivity index (χ1n) is 6.09. The van der Waals surface area contributed by atoms with Crippen molar-refractivity contribution in [2.75, 3.05) is 5.32 Å². The molecule has 0 atom stereocenters. The van der Waals surface area contributed by atoms with Gasteiger partial charge in [0, 0.05) is 14.2 Å². The predicted molar refractivity (Wildman–Crippen MR) is 86.0 cm³/mol. The van der Waals surface area contributed by atoms with E-state index in [9.17, 15) is 9.59 Å². The van der Waals surface area contributed by atoms with Crippen molar-refractivity contribution in [2.45, 2.75) is 13.5 Å². The predicted octanol–water partition coefficient (Wildman–Crippen LogP) is 3.84. The molecule has 0 spiro atoms. The van der Waals surface area contributed by atoms with Gasteiger partial charge in [-0.05, 0) is 47.1 Å². The molecule has 0 bridgehead atoms. The Morgan fingerprint density at radius 2 is 2.05 bits per heavy atom. The highest BCUT2D eigenvalue weighted by Crippen LogP contribution is 2.26. The largest absolute Gasteiger partial charge is 0.478 e. The van der Waals surface area contributed by atoms with Crippen LogP contribution in [0.1, 0.15) is 20.1 Å². The van der Waals surface area contributed by atoms with Crippen molar-refractivity contribution in [3.05, 3.63) is 50.1 Å². The third-order valence-electron chi connectivity index (χ3n) is 2.70. The van der Waals surface area contributed by atoms with Gasteiger partial charge < -0.3 is 15.7 Å². The lowest BCUT2D eigenvalue weighted by Crippen LogP contribution is -2.28. The van der Waals surface area contributed by atoms with Gasteiger partial charge in [-0.15, -0.1) is 11.3 Å². The molecule has 7 heteroatoms. The highest BCUT2D eigenvalue weighted by atomic mass is 79.9. The van der Waals surface area contributed by atoms with Crippen LogP contribution in [-0.2, 0) is 6.54 Å². The zero-order chi connectivity index (χ0) is 15.4. The summed E-state index contributed by atoms with van der Waals surface area (Å²) >= 11 is 4.84. The number of urea groups is 1. The zero-order valence-corrected chi connectivity index (χ0v) is 13.5. The highest BCUT2D eigenvalue weighted by Gasteiger charge is 2.15. The molecule has 2 aromatic rings. The lowest BCUT2D eigenvalue weighted by Gasteiger charge is -2.11. The second-order valence-corrected chi connectivity index (χ2v) is 6.51. The number of para-hydroxylation sites is 1. The second kappa shape index (κ2) is 6.73. The van der Waals surface area contributed by atoms with Crippen molar-refractivity contribution in [1.82, 2.24) is 5.32 Å². The number of halogens is 1. The lowest BCUT2D eigenvalue weighted by atomic mass is 10.2. The highest BCUT2D eigenvalue weighted by molar-refractivity contribution is 9.10. The molecule has 0 radical (unpaired) electrons. The fourth-order valence-electron chi connectivity index (χ4n) is 1.73. The van der Waals surface area contributed by atoms with Crippen molar-refractivity contribution in [1.29, 1.82) is 0 Å². The molecule has 2 amide bonds. The summed E-state index contributed by atoms with van der Waals surface area (Å²) in [4.78, 5) is 25.2. The molecule has 1 heterocycles. The average Bonchev–Trinajstić information content (AvgIpc) is 2.84. The third kappa shape index (κ3) is 4.05. The Balaban J connectivity index is 2.04. The Labute approximate surface area is 134 Å². The van der Waals surface area contributed by atoms with E-state index in [1.807, 2.05) is 19.1 Å². The molecule has 0 aliphatic rings. The van der Waals surface area contributed by atoms with Crippen molar-refractivity contribution in [2.24, 2.45) is 0 Å². The summed E-state index contributed by atoms with van der Waals surface area (Å²) in [6.07, 6.45) is 0. The molecule has 1 aromatic heterocycles. The van der Waals surface area contributed by atoms with E-state index in [0.717, 1.165) is 4.88 Å². The number of aryl methyl sites for hydroxylation is 1. The van der Waals surface area contributed by atoms with Gasteiger partial charge >= 0.3 is 12.0 Å². The molecule has 3 N–H and O–H groups in total. The number of nitrogens with one attached hydrogen (secondary N) is 2. The number of amides is 2. The van der Waals surface area contributed by atoms with Crippen molar-refractivity contribution >= 4 is 45.0 Å². The Bertz CT molecular complexity index is 685. The fraction of sp³-hybridized carbons (Fsp3) is 0.143. The third-order valence-corrected chi connectivity index (χ3v) is 4.36. The van der Waals surface area contributed by atoms with Crippen molar-refractivity contribution < 1.29 is 14.7 Å². The summed E-state index contributed by atoms with van der Waals surface area (Å²) in [6, 6.07) is 8.19. The van der Waals surface area contributed by atoms with Gasteiger partial charge in [-0.2, -0.15) is 0 Å². The molecular formula is C14H13BrN2O3S. The van der Waals surface area contributed by atoms with Crippen LogP contribution >= 0.6 is 27.3 Å². The van der Waals surface area contributed by atoms with E-state index < -0.39 is 12.0 Å². The van der Waals surface area contributed by atoms with Crippen LogP contribution in [0.2, 0.25) is 0 Å². The first-order valence-corrected chi connectivity index (χ1v) is 7.70. The van der Waals surface area contributed by atoms with Gasteiger partial charge in [-0.1, -0.05) is 6.07 Å². The van der Waals surface area contributed by atoms with E-state index in [1.54, 1.807) is 23.5 Å². The SMILES string of the molecule is Cc1ccc(CNC(=O)Nc2c(Br)cccc2C(=O)O)s1. The summed E-state index contributed by atoms with van der Waals surface area (Å²) in [6.45, 7) is 2.39. The summed E-state index contributed by atoms with van der Waals surface area (Å²) in [5, 5.41) is 14.4. The first-order chi connectivity index (χ1) is 9.97. The second-order valence-electron chi connectivity index (χ2n) is 4.29. The minimum atomic E-state index is -1.10. The van der Waals surface area contributed by atoms with Gasteiger partial charge in [-0.25, -0.2) is 9.59 Å². The van der Waals surface area contributed by atoms with E-state index in [2.05, 4.69) is 26.6 Å². The van der Waals surface area contributed by atoms with Gasteiger partial charge in [-0.3, -0.25) is 0 Å². The van der Waals surface area contributed by atoms with E-state index in [-0.39, 0.29) is 11.3 Å². The quantitative estimate of drug-likeness (QED) is 0.766. The van der Waals surface area contributed by atoms with Gasteiger partial charge in [0.1, 0.15) is 0 Å². The van der Waals surface area contributed by atoms with E-state index in [4.69, 9.17) is 5.11 Å². The van der Waals surface area contributed by atoms with Crippen molar-refractivity contribution in [3.8, 4) is 0 Å². The number of rotatable bonds is 4. The van der Waals surface area contributed by atoms with E-state index >= 15 is 0 Å². The number of thiophene rings is 1. The molecule has 5 nitrogen and oxygen atoms in total. The van der Waals surface area contributed by atoms with Crippen LogP contribution in [0.3, 0.4) is 0 Å². The number of hydrogen-bond donors (Lipinski definition) is 3. The van der Waals surface area contributed by atoms with Crippen LogP contribution in [0.5, 0.6) is 0 Å². The van der Waals surface area contributed by atoms with E-state index in [1.165, 1.54) is 10.9 Å². The summed E-state index contributed by atoms with van der Waals surface area (Å²) in [5.74, 6) is -1.10. The Kier molecular flexibility index (Phi) is 4.98. The number of carbonyl (C=O) groups is 2. The molecule has 0 unspecified atom stereocenters. The fourth-order valence-corrected chi connectivity index (χ4v) is 3.03. The van der Waals surface area contributed by atoms with Crippen LogP contribution in [0.4, 0.5) is 10.5 Å². The van der Waals surface area contributed by atoms with E-state index in [0.29, 0.717) is 11.0 Å². The molecular weight excluding hydrogens is 356 g/mol. The van der Waals surface area contributed by atoms with Gasteiger partial charge in [0.15, 0.2) is 0 Å². The normalized spacial score (nSPS) is 10.2. The Hall–Kier alpha value is -1.86. The maximum absolute atomic E-state index is 11.9. The number of anilines is 1. The maximum atomic E-state index is 11.9. The summed E-state index contributed by atoms with van der Waals surface area (Å²) < 4.78 is 0.518. The number of aromatic carboxylic acids is 1. The van der Waals surface area contributed by atoms with Crippen LogP contribution in [0, 0.1) is 6.92 Å². The number of benzene rings is 1. The van der Waals surface area contributed by atoms with Crippen molar-refractivity contribution in [3.63, 3.8) is 0 Å². The maximum Gasteiger partial charge on any atom is 0.337 e. The molecule has 0 saturated carbocycles. The Morgan fingerprint density at radius 1 is 1.29 bits per heavy atom. The number of carbonyl (C=O) groups excluding carboxylic acids is 1. The molecule has 0 fully saturated rings. The van der Waals surface area contributed by atoms with Crippen LogP contribution < -0.4 is 10.6 Å². The van der Waals surface area contributed by atoms with Gasteiger partial charge in [0.05, 0.1) is 17.8 Å². The molecule has 21 heavy (non-hydrogen) atoms. The molecule has 0 saturated heterocycles. The number of hydrogen-bond acceptors (Lipinski definition) is 3. The molecule has 0 aliphatic heterocycles. The summed E-state index contributed by atoms with van der Waals surface area (Å²) in [5.41, 5.74) is 0.274. The van der Waals surface area contributed by atoms with Crippen LogP contribution in [0.25, 0.3) is 0 Å². The molecule has 110 valence electrons. The van der Waals surface area contributed by atoms with Gasteiger partial charge in [0.2, 0.25) is 0 Å². The minimum absolute atomic E-state index is 0.0338. The van der Waals surface area contributed by atoms with Crippen LogP contribution in [0.15, 0.2) is 34.8 Å². The monoisotopic (exact) mass is 368 g/mol. The first kappa shape index (κ1) is 15.5. The summed E-state index contributed by atoms with van der Waals surface area (Å²) in [7, 11) is 0. The minimum Gasteiger partial charge on any atom is -0.478 e. The molecule has 2 rings (SSSR count). The average molecular weight is 369 g/mol. The molecule has 0 aliphatic carbocycles. The number of carboxylic acids is 1. The zero-order valence-electron chi connectivity index (χ0n) is 11.1. The Morgan fingerprint density at radius 3 is 2.67 bits per heavy atom. The van der Waals surface area contributed by atoms with Gasteiger partial charge in [0.25, 0.3) is 0 Å². The topological polar surface area (TPSA) is 78.4 Å². The van der Waals surface area contributed by atoms with Crippen LogP contribution in [-0.4, -0.2) is 17.1 Å². The standard InChI is InChI=1S/C14H13BrN2O3S/c1-8-5-6-9(21-8)7-16-14(20)17-12-10(13(18)19)3-2-4-11(12)15/h2-6H,7H2,1H3,(H,18,19)(H2,16,17,20).